The maximum absolute atomic E-state index is 5.43. The number of aryl methyl sites for hydroxylation is 2. The van der Waals surface area contributed by atoms with E-state index in [0.29, 0.717) is 13.1 Å². The average molecular weight is 469 g/mol. The van der Waals surface area contributed by atoms with E-state index >= 15 is 0 Å². The lowest BCUT2D eigenvalue weighted by molar-refractivity contribution is 0.409. The number of aliphatic imine (C=N–C) groups is 1. The summed E-state index contributed by atoms with van der Waals surface area (Å²) in [7, 11) is 3.60. The summed E-state index contributed by atoms with van der Waals surface area (Å²) in [6, 6.07) is 6.23. The summed E-state index contributed by atoms with van der Waals surface area (Å²) in [5.74, 6) is 1.68. The molecular formula is C19H28IN5O. The van der Waals surface area contributed by atoms with E-state index < -0.39 is 0 Å². The number of ether oxygens (including phenoxy) is 1. The first-order chi connectivity index (χ1) is 12.1. The zero-order chi connectivity index (χ0) is 18.1. The molecule has 0 saturated carbocycles. The fraction of sp³-hybridized carbons (Fsp3) is 0.368. The summed E-state index contributed by atoms with van der Waals surface area (Å²) in [6.07, 6.45) is 6.45. The number of aromatic nitrogens is 2. The molecule has 0 spiro atoms. The van der Waals surface area contributed by atoms with E-state index in [9.17, 15) is 0 Å². The standard InChI is InChI=1S/C19H27N5O.HI/c1-5-9-20-19(22-12-16-13-23-24(3)14-16)21-10-8-17-11-15(2)6-7-18(17)25-4;/h5-7,11,13-14H,1,8-10,12H2,2-4H3,(H2,20,21,22);1H. The molecular weight excluding hydrogens is 441 g/mol. The molecule has 0 radical (unpaired) electrons. The van der Waals surface area contributed by atoms with Crippen molar-refractivity contribution < 1.29 is 4.74 Å². The molecule has 6 nitrogen and oxygen atoms in total. The molecule has 2 aromatic rings. The fourth-order valence-electron chi connectivity index (χ4n) is 2.49. The fourth-order valence-corrected chi connectivity index (χ4v) is 2.49. The number of hydrogen-bond acceptors (Lipinski definition) is 3. The Bertz CT molecular complexity index is 726. The van der Waals surface area contributed by atoms with Crippen molar-refractivity contribution in [2.75, 3.05) is 20.2 Å². The van der Waals surface area contributed by atoms with Crippen molar-refractivity contribution in [1.29, 1.82) is 0 Å². The number of rotatable bonds is 8. The first kappa shape index (κ1) is 22.0. The molecule has 26 heavy (non-hydrogen) atoms. The molecule has 0 amide bonds. The molecule has 1 heterocycles. The minimum Gasteiger partial charge on any atom is -0.496 e. The van der Waals surface area contributed by atoms with E-state index in [-0.39, 0.29) is 24.0 Å². The first-order valence-electron chi connectivity index (χ1n) is 8.36. The highest BCUT2D eigenvalue weighted by Gasteiger charge is 2.04. The van der Waals surface area contributed by atoms with Crippen LogP contribution in [-0.4, -0.2) is 35.9 Å². The Balaban J connectivity index is 0.00000338. The van der Waals surface area contributed by atoms with Crippen molar-refractivity contribution >= 4 is 29.9 Å². The van der Waals surface area contributed by atoms with Gasteiger partial charge in [-0.1, -0.05) is 23.8 Å². The number of halogens is 1. The van der Waals surface area contributed by atoms with Crippen LogP contribution in [0.15, 0.2) is 48.2 Å². The number of hydrogen-bond donors (Lipinski definition) is 2. The van der Waals surface area contributed by atoms with Gasteiger partial charge in [-0.15, -0.1) is 30.6 Å². The normalized spacial score (nSPS) is 10.8. The van der Waals surface area contributed by atoms with Gasteiger partial charge in [0.25, 0.3) is 0 Å². The monoisotopic (exact) mass is 469 g/mol. The van der Waals surface area contributed by atoms with Crippen LogP contribution in [0.3, 0.4) is 0 Å². The molecule has 0 unspecified atom stereocenters. The Labute approximate surface area is 172 Å². The topological polar surface area (TPSA) is 63.5 Å². The van der Waals surface area contributed by atoms with Gasteiger partial charge in [0.15, 0.2) is 5.96 Å². The molecule has 0 aliphatic carbocycles. The van der Waals surface area contributed by atoms with Crippen LogP contribution in [0.2, 0.25) is 0 Å². The van der Waals surface area contributed by atoms with E-state index in [1.165, 1.54) is 11.1 Å². The van der Waals surface area contributed by atoms with E-state index in [4.69, 9.17) is 4.74 Å². The molecule has 1 aromatic carbocycles. The van der Waals surface area contributed by atoms with Crippen molar-refractivity contribution in [2.24, 2.45) is 12.0 Å². The van der Waals surface area contributed by atoms with E-state index in [1.807, 2.05) is 31.6 Å². The van der Waals surface area contributed by atoms with Gasteiger partial charge in [-0.2, -0.15) is 5.10 Å². The smallest absolute Gasteiger partial charge is 0.191 e. The van der Waals surface area contributed by atoms with Crippen LogP contribution in [-0.2, 0) is 20.0 Å². The van der Waals surface area contributed by atoms with Gasteiger partial charge in [0.2, 0.25) is 0 Å². The molecule has 0 saturated heterocycles. The van der Waals surface area contributed by atoms with Crippen molar-refractivity contribution in [3.8, 4) is 5.75 Å². The second kappa shape index (κ2) is 11.6. The molecule has 2 N–H and O–H groups in total. The third-order valence-electron chi connectivity index (χ3n) is 3.71. The number of nitrogens with zero attached hydrogens (tertiary/aromatic N) is 3. The summed E-state index contributed by atoms with van der Waals surface area (Å²) in [4.78, 5) is 4.60. The maximum Gasteiger partial charge on any atom is 0.191 e. The van der Waals surface area contributed by atoms with Crippen molar-refractivity contribution in [1.82, 2.24) is 20.4 Å². The van der Waals surface area contributed by atoms with Crippen molar-refractivity contribution in [3.63, 3.8) is 0 Å². The molecule has 142 valence electrons. The van der Waals surface area contributed by atoms with Gasteiger partial charge in [-0.3, -0.25) is 4.68 Å². The highest BCUT2D eigenvalue weighted by Crippen LogP contribution is 2.19. The first-order valence-corrected chi connectivity index (χ1v) is 8.36. The Morgan fingerprint density at radius 1 is 1.38 bits per heavy atom. The quantitative estimate of drug-likeness (QED) is 0.270. The zero-order valence-electron chi connectivity index (χ0n) is 15.7. The molecule has 0 aliphatic heterocycles. The SMILES string of the molecule is C=CCNC(=NCc1cnn(C)c1)NCCc1cc(C)ccc1OC.I. The highest BCUT2D eigenvalue weighted by atomic mass is 127. The summed E-state index contributed by atoms with van der Waals surface area (Å²) >= 11 is 0. The van der Waals surface area contributed by atoms with Gasteiger partial charge in [0, 0.05) is 31.9 Å². The number of guanidine groups is 1. The van der Waals surface area contributed by atoms with E-state index in [1.54, 1.807) is 11.8 Å². The lowest BCUT2D eigenvalue weighted by Gasteiger charge is -2.13. The molecule has 0 bridgehead atoms. The van der Waals surface area contributed by atoms with Crippen molar-refractivity contribution in [3.05, 3.63) is 59.9 Å². The Morgan fingerprint density at radius 3 is 2.85 bits per heavy atom. The minimum atomic E-state index is 0. The van der Waals surface area contributed by atoms with Crippen LogP contribution in [0, 0.1) is 6.92 Å². The van der Waals surface area contributed by atoms with Gasteiger partial charge >= 0.3 is 0 Å². The van der Waals surface area contributed by atoms with E-state index in [0.717, 1.165) is 30.2 Å². The molecule has 2 rings (SSSR count). The number of nitrogens with one attached hydrogen (secondary N) is 2. The molecule has 1 aromatic heterocycles. The second-order valence-corrected chi connectivity index (χ2v) is 5.85. The predicted octanol–water partition coefficient (Wildman–Crippen LogP) is 2.82. The molecule has 0 atom stereocenters. The lowest BCUT2D eigenvalue weighted by Crippen LogP contribution is -2.38. The minimum absolute atomic E-state index is 0. The van der Waals surface area contributed by atoms with Crippen LogP contribution >= 0.6 is 24.0 Å². The van der Waals surface area contributed by atoms with Crippen LogP contribution in [0.1, 0.15) is 16.7 Å². The van der Waals surface area contributed by atoms with Gasteiger partial charge in [-0.25, -0.2) is 4.99 Å². The number of benzene rings is 1. The van der Waals surface area contributed by atoms with Crippen LogP contribution < -0.4 is 15.4 Å². The summed E-state index contributed by atoms with van der Waals surface area (Å²) < 4.78 is 7.21. The second-order valence-electron chi connectivity index (χ2n) is 5.85. The Hall–Kier alpha value is -2.03. The summed E-state index contributed by atoms with van der Waals surface area (Å²) in [5.41, 5.74) is 3.49. The average Bonchev–Trinajstić information content (AvgIpc) is 3.02. The summed E-state index contributed by atoms with van der Waals surface area (Å²) in [5, 5.41) is 10.8. The Kier molecular flexibility index (Phi) is 9.79. The van der Waals surface area contributed by atoms with Gasteiger partial charge < -0.3 is 15.4 Å². The Morgan fingerprint density at radius 2 is 2.19 bits per heavy atom. The molecule has 0 fully saturated rings. The third-order valence-corrected chi connectivity index (χ3v) is 3.71. The highest BCUT2D eigenvalue weighted by molar-refractivity contribution is 14.0. The van der Waals surface area contributed by atoms with Crippen LogP contribution in [0.4, 0.5) is 0 Å². The van der Waals surface area contributed by atoms with Gasteiger partial charge in [-0.05, 0) is 25.0 Å². The van der Waals surface area contributed by atoms with Crippen LogP contribution in [0.25, 0.3) is 0 Å². The van der Waals surface area contributed by atoms with Crippen LogP contribution in [0.5, 0.6) is 5.75 Å². The molecule has 7 heteroatoms. The summed E-state index contributed by atoms with van der Waals surface area (Å²) in [6.45, 7) is 7.82. The maximum atomic E-state index is 5.43. The number of methoxy groups -OCH3 is 1. The zero-order valence-corrected chi connectivity index (χ0v) is 18.0. The van der Waals surface area contributed by atoms with Gasteiger partial charge in [0.1, 0.15) is 5.75 Å². The predicted molar refractivity (Wildman–Crippen MR) is 117 cm³/mol. The van der Waals surface area contributed by atoms with Gasteiger partial charge in [0.05, 0.1) is 19.9 Å². The molecule has 0 aliphatic rings. The third kappa shape index (κ3) is 7.07. The van der Waals surface area contributed by atoms with Crippen molar-refractivity contribution in [2.45, 2.75) is 19.9 Å². The largest absolute Gasteiger partial charge is 0.496 e. The van der Waals surface area contributed by atoms with E-state index in [2.05, 4.69) is 46.4 Å². The lowest BCUT2D eigenvalue weighted by atomic mass is 10.1.